The third kappa shape index (κ3) is 4.24. The molecule has 1 heterocycles. The monoisotopic (exact) mass is 430 g/mol. The summed E-state index contributed by atoms with van der Waals surface area (Å²) in [5, 5.41) is 2.81. The van der Waals surface area contributed by atoms with Gasteiger partial charge in [0.1, 0.15) is 4.21 Å². The van der Waals surface area contributed by atoms with Gasteiger partial charge in [0.25, 0.3) is 15.9 Å². The molecule has 24 heavy (non-hydrogen) atoms. The second-order valence-electron chi connectivity index (χ2n) is 4.97. The summed E-state index contributed by atoms with van der Waals surface area (Å²) < 4.78 is 27.4. The molecule has 2 aromatic rings. The summed E-state index contributed by atoms with van der Waals surface area (Å²) in [5.74, 6) is -0.205. The zero-order valence-corrected chi connectivity index (χ0v) is 16.7. The summed E-state index contributed by atoms with van der Waals surface area (Å²) in [7, 11) is -3.45. The number of rotatable bonds is 7. The second-order valence-corrected chi connectivity index (χ2v) is 9.16. The molecule has 1 amide bonds. The Morgan fingerprint density at radius 1 is 1.17 bits per heavy atom. The highest BCUT2D eigenvalue weighted by atomic mass is 79.9. The number of thiophene rings is 1. The van der Waals surface area contributed by atoms with Gasteiger partial charge in [-0.2, -0.15) is 4.31 Å². The summed E-state index contributed by atoms with van der Waals surface area (Å²) in [6.07, 6.45) is 0. The molecule has 8 heteroatoms. The lowest BCUT2D eigenvalue weighted by atomic mass is 10.2. The van der Waals surface area contributed by atoms with Crippen molar-refractivity contribution in [3.8, 4) is 0 Å². The molecule has 0 fully saturated rings. The van der Waals surface area contributed by atoms with Crippen LogP contribution >= 0.6 is 27.3 Å². The zero-order valence-electron chi connectivity index (χ0n) is 13.5. The number of nitrogens with one attached hydrogen (secondary N) is 1. The lowest BCUT2D eigenvalue weighted by Gasteiger charge is -2.16. The number of carbonyl (C=O) groups excluding carboxylic acids is 1. The van der Waals surface area contributed by atoms with E-state index in [2.05, 4.69) is 21.2 Å². The van der Waals surface area contributed by atoms with Crippen molar-refractivity contribution in [2.75, 3.05) is 13.1 Å². The summed E-state index contributed by atoms with van der Waals surface area (Å²) in [6.45, 7) is 4.79. The van der Waals surface area contributed by atoms with Crippen molar-refractivity contribution in [1.82, 2.24) is 9.62 Å². The van der Waals surface area contributed by atoms with Crippen LogP contribution in [0.15, 0.2) is 45.1 Å². The number of halogens is 1. The van der Waals surface area contributed by atoms with E-state index < -0.39 is 10.0 Å². The molecule has 0 aliphatic carbocycles. The summed E-state index contributed by atoms with van der Waals surface area (Å²) in [6, 6.07) is 10.5. The minimum absolute atomic E-state index is 0.205. The topological polar surface area (TPSA) is 66.5 Å². The minimum atomic E-state index is -3.45. The first-order chi connectivity index (χ1) is 11.4. The fourth-order valence-electron chi connectivity index (χ4n) is 2.19. The number of hydrogen-bond acceptors (Lipinski definition) is 4. The summed E-state index contributed by atoms with van der Waals surface area (Å²) >= 11 is 4.53. The van der Waals surface area contributed by atoms with Crippen LogP contribution in [-0.2, 0) is 16.6 Å². The van der Waals surface area contributed by atoms with Crippen LogP contribution < -0.4 is 5.32 Å². The lowest BCUT2D eigenvalue weighted by molar-refractivity contribution is 0.0950. The highest BCUT2D eigenvalue weighted by Crippen LogP contribution is 2.25. The van der Waals surface area contributed by atoms with Gasteiger partial charge in [0, 0.05) is 22.4 Å². The van der Waals surface area contributed by atoms with Crippen LogP contribution in [0.2, 0.25) is 0 Å². The van der Waals surface area contributed by atoms with Crippen molar-refractivity contribution in [2.45, 2.75) is 24.6 Å². The first-order valence-electron chi connectivity index (χ1n) is 7.51. The fraction of sp³-hybridized carbons (Fsp3) is 0.312. The van der Waals surface area contributed by atoms with E-state index in [0.29, 0.717) is 29.4 Å². The Morgan fingerprint density at radius 3 is 2.46 bits per heavy atom. The Morgan fingerprint density at radius 2 is 1.83 bits per heavy atom. The second kappa shape index (κ2) is 8.24. The zero-order chi connectivity index (χ0) is 17.7. The number of sulfonamides is 1. The molecule has 0 radical (unpaired) electrons. The Kier molecular flexibility index (Phi) is 6.56. The molecule has 0 atom stereocenters. The maximum atomic E-state index is 12.5. The molecule has 130 valence electrons. The largest absolute Gasteiger partial charge is 0.347 e. The molecule has 0 saturated heterocycles. The molecule has 1 aromatic carbocycles. The number of benzene rings is 1. The summed E-state index contributed by atoms with van der Waals surface area (Å²) in [4.78, 5) is 13.0. The molecule has 5 nitrogen and oxygen atoms in total. The molecule has 0 spiro atoms. The van der Waals surface area contributed by atoms with Crippen LogP contribution in [-0.4, -0.2) is 31.7 Å². The average molecular weight is 431 g/mol. The van der Waals surface area contributed by atoms with E-state index >= 15 is 0 Å². The first-order valence-corrected chi connectivity index (χ1v) is 10.6. The molecule has 2 rings (SSSR count). The van der Waals surface area contributed by atoms with Crippen molar-refractivity contribution in [3.63, 3.8) is 0 Å². The van der Waals surface area contributed by atoms with E-state index in [1.54, 1.807) is 30.3 Å². The molecular weight excluding hydrogens is 412 g/mol. The van der Waals surface area contributed by atoms with Gasteiger partial charge in [-0.3, -0.25) is 4.79 Å². The molecule has 0 aliphatic heterocycles. The molecule has 0 saturated carbocycles. The number of hydrogen-bond donors (Lipinski definition) is 1. The predicted molar refractivity (Wildman–Crippen MR) is 99.7 cm³/mol. The third-order valence-corrected chi connectivity index (χ3v) is 7.77. The normalized spacial score (nSPS) is 11.7. The molecule has 1 aromatic heterocycles. The fourth-order valence-corrected chi connectivity index (χ4v) is 5.56. The van der Waals surface area contributed by atoms with Crippen molar-refractivity contribution in [3.05, 3.63) is 51.3 Å². The maximum Gasteiger partial charge on any atom is 0.252 e. The van der Waals surface area contributed by atoms with Crippen LogP contribution in [0.25, 0.3) is 0 Å². The highest BCUT2D eigenvalue weighted by molar-refractivity contribution is 9.10. The quantitative estimate of drug-likeness (QED) is 0.730. The van der Waals surface area contributed by atoms with Crippen LogP contribution in [0.5, 0.6) is 0 Å². The molecule has 0 aliphatic rings. The minimum Gasteiger partial charge on any atom is -0.347 e. The smallest absolute Gasteiger partial charge is 0.252 e. The third-order valence-electron chi connectivity index (χ3n) is 3.48. The van der Waals surface area contributed by atoms with Crippen LogP contribution in [0.1, 0.15) is 29.1 Å². The van der Waals surface area contributed by atoms with Gasteiger partial charge in [-0.25, -0.2) is 8.42 Å². The van der Waals surface area contributed by atoms with E-state index in [-0.39, 0.29) is 5.91 Å². The van der Waals surface area contributed by atoms with Gasteiger partial charge in [0.05, 0.1) is 12.1 Å². The van der Waals surface area contributed by atoms with Gasteiger partial charge in [-0.1, -0.05) is 26.0 Å². The van der Waals surface area contributed by atoms with E-state index in [0.717, 1.165) is 9.35 Å². The van der Waals surface area contributed by atoms with Crippen molar-refractivity contribution < 1.29 is 13.2 Å². The van der Waals surface area contributed by atoms with Gasteiger partial charge in [0.15, 0.2) is 0 Å². The van der Waals surface area contributed by atoms with Crippen molar-refractivity contribution in [2.24, 2.45) is 0 Å². The van der Waals surface area contributed by atoms with Crippen molar-refractivity contribution >= 4 is 43.2 Å². The Balaban J connectivity index is 2.07. The Bertz CT molecular complexity index is 814. The Labute approximate surface area is 154 Å². The molecular formula is C16H19BrN2O3S2. The van der Waals surface area contributed by atoms with Gasteiger partial charge in [-0.15, -0.1) is 11.3 Å². The predicted octanol–water partition coefficient (Wildman–Crippen LogP) is 3.47. The van der Waals surface area contributed by atoms with E-state index in [4.69, 9.17) is 0 Å². The maximum absolute atomic E-state index is 12.5. The van der Waals surface area contributed by atoms with Gasteiger partial charge >= 0.3 is 0 Å². The highest BCUT2D eigenvalue weighted by Gasteiger charge is 2.23. The van der Waals surface area contributed by atoms with E-state index in [1.807, 2.05) is 19.9 Å². The van der Waals surface area contributed by atoms with E-state index in [9.17, 15) is 13.2 Å². The van der Waals surface area contributed by atoms with Gasteiger partial charge < -0.3 is 5.32 Å². The summed E-state index contributed by atoms with van der Waals surface area (Å²) in [5.41, 5.74) is 0.546. The van der Waals surface area contributed by atoms with Crippen LogP contribution in [0, 0.1) is 0 Å². The molecule has 0 unspecified atom stereocenters. The average Bonchev–Trinajstić information content (AvgIpc) is 3.04. The number of amides is 1. The Hall–Kier alpha value is -1.22. The van der Waals surface area contributed by atoms with Crippen LogP contribution in [0.4, 0.5) is 0 Å². The lowest BCUT2D eigenvalue weighted by Crippen LogP contribution is -2.30. The molecule has 1 N–H and O–H groups in total. The number of carbonyl (C=O) groups is 1. The SMILES string of the molecule is CCN(CC)S(=O)(=O)c1ccc(CNC(=O)c2ccccc2Br)s1. The van der Waals surface area contributed by atoms with Crippen LogP contribution in [0.3, 0.4) is 0 Å². The number of nitrogens with zero attached hydrogens (tertiary/aromatic N) is 1. The van der Waals surface area contributed by atoms with Gasteiger partial charge in [0.2, 0.25) is 0 Å². The van der Waals surface area contributed by atoms with Crippen molar-refractivity contribution in [1.29, 1.82) is 0 Å². The standard InChI is InChI=1S/C16H19BrN2O3S2/c1-3-19(4-2)24(21,22)15-10-9-12(23-15)11-18-16(20)13-7-5-6-8-14(13)17/h5-10H,3-4,11H2,1-2H3,(H,18,20). The van der Waals surface area contributed by atoms with Gasteiger partial charge in [-0.05, 0) is 40.2 Å². The van der Waals surface area contributed by atoms with E-state index in [1.165, 1.54) is 15.6 Å². The molecule has 0 bridgehead atoms. The first kappa shape index (κ1) is 19.1.